The van der Waals surface area contributed by atoms with Crippen LogP contribution in [0.4, 0.5) is 0 Å². The maximum Gasteiger partial charge on any atom is 0.133 e. The van der Waals surface area contributed by atoms with E-state index in [-0.39, 0.29) is 5.38 Å². The second-order valence-corrected chi connectivity index (χ2v) is 7.17. The summed E-state index contributed by atoms with van der Waals surface area (Å²) in [6.45, 7) is 0. The molecule has 1 unspecified atom stereocenters. The van der Waals surface area contributed by atoms with Gasteiger partial charge in [0.15, 0.2) is 0 Å². The second kappa shape index (κ2) is 8.28. The Morgan fingerprint density at radius 2 is 1.71 bits per heavy atom. The van der Waals surface area contributed by atoms with Crippen LogP contribution in [0, 0.1) is 5.92 Å². The maximum absolute atomic E-state index is 6.71. The van der Waals surface area contributed by atoms with Crippen LogP contribution in [0.25, 0.3) is 0 Å². The molecular weight excluding hydrogens is 352 g/mol. The highest BCUT2D eigenvalue weighted by Gasteiger charge is 2.22. The van der Waals surface area contributed by atoms with E-state index in [1.54, 1.807) is 14.2 Å². The van der Waals surface area contributed by atoms with Crippen molar-refractivity contribution in [2.45, 2.75) is 50.3 Å². The van der Waals surface area contributed by atoms with Gasteiger partial charge < -0.3 is 9.47 Å². The van der Waals surface area contributed by atoms with Crippen LogP contribution in [0.5, 0.6) is 11.5 Å². The molecule has 2 rings (SSSR count). The smallest absolute Gasteiger partial charge is 0.133 e. The molecule has 1 fully saturated rings. The molecular formula is C17H24BrClO2. The van der Waals surface area contributed by atoms with Gasteiger partial charge in [-0.25, -0.2) is 0 Å². The summed E-state index contributed by atoms with van der Waals surface area (Å²) in [6.07, 6.45) is 9.06. The van der Waals surface area contributed by atoms with Crippen molar-refractivity contribution in [2.24, 2.45) is 5.92 Å². The molecule has 21 heavy (non-hydrogen) atoms. The van der Waals surface area contributed by atoms with E-state index < -0.39 is 0 Å². The summed E-state index contributed by atoms with van der Waals surface area (Å²) in [5.41, 5.74) is 1.03. The highest BCUT2D eigenvalue weighted by atomic mass is 79.9. The predicted molar refractivity (Wildman–Crippen MR) is 91.6 cm³/mol. The van der Waals surface area contributed by atoms with Crippen molar-refractivity contribution < 1.29 is 9.47 Å². The van der Waals surface area contributed by atoms with E-state index >= 15 is 0 Å². The minimum Gasteiger partial charge on any atom is -0.496 e. The highest BCUT2D eigenvalue weighted by molar-refractivity contribution is 9.10. The van der Waals surface area contributed by atoms with Crippen LogP contribution in [0.15, 0.2) is 16.6 Å². The Kier molecular flexibility index (Phi) is 6.69. The molecule has 4 heteroatoms. The van der Waals surface area contributed by atoms with Gasteiger partial charge in [-0.05, 0) is 40.4 Å². The van der Waals surface area contributed by atoms with E-state index in [0.29, 0.717) is 0 Å². The molecule has 0 saturated heterocycles. The summed E-state index contributed by atoms with van der Waals surface area (Å²) in [7, 11) is 3.36. The first kappa shape index (κ1) is 17.0. The SMILES string of the molecule is COc1cc(C(Cl)CC2CCCCCC2)c(OC)cc1Br. The van der Waals surface area contributed by atoms with Crippen molar-refractivity contribution in [3.63, 3.8) is 0 Å². The van der Waals surface area contributed by atoms with E-state index in [1.807, 2.05) is 12.1 Å². The summed E-state index contributed by atoms with van der Waals surface area (Å²) in [6, 6.07) is 3.94. The first-order valence-electron chi connectivity index (χ1n) is 7.71. The zero-order chi connectivity index (χ0) is 15.2. The Morgan fingerprint density at radius 1 is 1.10 bits per heavy atom. The summed E-state index contributed by atoms with van der Waals surface area (Å²) in [4.78, 5) is 0. The fourth-order valence-electron chi connectivity index (χ4n) is 3.15. The number of hydrogen-bond acceptors (Lipinski definition) is 2. The zero-order valence-corrected chi connectivity index (χ0v) is 15.2. The van der Waals surface area contributed by atoms with Crippen molar-refractivity contribution in [2.75, 3.05) is 14.2 Å². The van der Waals surface area contributed by atoms with Gasteiger partial charge in [-0.3, -0.25) is 0 Å². The third-order valence-corrected chi connectivity index (χ3v) is 5.39. The normalized spacial score (nSPS) is 18.1. The van der Waals surface area contributed by atoms with Crippen LogP contribution in [0.2, 0.25) is 0 Å². The van der Waals surface area contributed by atoms with Gasteiger partial charge in [0.2, 0.25) is 0 Å². The zero-order valence-electron chi connectivity index (χ0n) is 12.8. The Bertz CT molecular complexity index is 456. The van der Waals surface area contributed by atoms with Crippen LogP contribution in [-0.2, 0) is 0 Å². The Balaban J connectivity index is 2.14. The maximum atomic E-state index is 6.71. The third kappa shape index (κ3) is 4.53. The number of ether oxygens (including phenoxy) is 2. The largest absolute Gasteiger partial charge is 0.496 e. The topological polar surface area (TPSA) is 18.5 Å². The number of benzene rings is 1. The summed E-state index contributed by atoms with van der Waals surface area (Å²) >= 11 is 10.2. The van der Waals surface area contributed by atoms with Crippen LogP contribution in [0.1, 0.15) is 55.9 Å². The number of alkyl halides is 1. The standard InChI is InChI=1S/C17H24BrClO2/c1-20-16-11-14(18)17(21-2)10-13(16)15(19)9-12-7-5-3-4-6-8-12/h10-12,15H,3-9H2,1-2H3. The molecule has 0 amide bonds. The van der Waals surface area contributed by atoms with Crippen molar-refractivity contribution in [1.82, 2.24) is 0 Å². The molecule has 2 nitrogen and oxygen atoms in total. The minimum absolute atomic E-state index is 0.0231. The average Bonchev–Trinajstić information content (AvgIpc) is 2.75. The summed E-state index contributed by atoms with van der Waals surface area (Å²) < 4.78 is 11.8. The Labute approximate surface area is 141 Å². The fourth-order valence-corrected chi connectivity index (χ4v) is 4.05. The van der Waals surface area contributed by atoms with Crippen molar-refractivity contribution >= 4 is 27.5 Å². The van der Waals surface area contributed by atoms with Crippen molar-refractivity contribution in [3.8, 4) is 11.5 Å². The molecule has 1 aromatic rings. The van der Waals surface area contributed by atoms with Gasteiger partial charge in [0.1, 0.15) is 11.5 Å². The second-order valence-electron chi connectivity index (χ2n) is 5.79. The summed E-state index contributed by atoms with van der Waals surface area (Å²) in [5, 5.41) is -0.0231. The Hall–Kier alpha value is -0.410. The van der Waals surface area contributed by atoms with Gasteiger partial charge >= 0.3 is 0 Å². The van der Waals surface area contributed by atoms with Crippen molar-refractivity contribution in [1.29, 1.82) is 0 Å². The van der Waals surface area contributed by atoms with E-state index in [1.165, 1.54) is 38.5 Å². The third-order valence-electron chi connectivity index (χ3n) is 4.36. The molecule has 0 aliphatic heterocycles. The quantitative estimate of drug-likeness (QED) is 0.457. The summed E-state index contributed by atoms with van der Waals surface area (Å²) in [5.74, 6) is 2.36. The van der Waals surface area contributed by atoms with Crippen LogP contribution < -0.4 is 9.47 Å². The first-order chi connectivity index (χ1) is 10.2. The lowest BCUT2D eigenvalue weighted by Gasteiger charge is -2.21. The number of hydrogen-bond donors (Lipinski definition) is 0. The predicted octanol–water partition coefficient (Wildman–Crippen LogP) is 6.11. The molecule has 1 aliphatic carbocycles. The molecule has 1 atom stereocenters. The molecule has 0 heterocycles. The minimum atomic E-state index is -0.0231. The van der Waals surface area contributed by atoms with Crippen LogP contribution in [0.3, 0.4) is 0 Å². The number of rotatable bonds is 5. The molecule has 1 saturated carbocycles. The van der Waals surface area contributed by atoms with E-state index in [0.717, 1.165) is 33.9 Å². The molecule has 118 valence electrons. The van der Waals surface area contributed by atoms with Gasteiger partial charge in [0.05, 0.1) is 24.1 Å². The van der Waals surface area contributed by atoms with Gasteiger partial charge in [0.25, 0.3) is 0 Å². The monoisotopic (exact) mass is 374 g/mol. The Morgan fingerprint density at radius 3 is 2.29 bits per heavy atom. The van der Waals surface area contributed by atoms with E-state index in [4.69, 9.17) is 21.1 Å². The molecule has 1 aromatic carbocycles. The highest BCUT2D eigenvalue weighted by Crippen LogP contribution is 2.42. The lowest BCUT2D eigenvalue weighted by atomic mass is 9.92. The molecule has 0 N–H and O–H groups in total. The average molecular weight is 376 g/mol. The van der Waals surface area contributed by atoms with Crippen LogP contribution in [-0.4, -0.2) is 14.2 Å². The van der Waals surface area contributed by atoms with Gasteiger partial charge in [0, 0.05) is 5.56 Å². The van der Waals surface area contributed by atoms with E-state index in [2.05, 4.69) is 15.9 Å². The van der Waals surface area contributed by atoms with Gasteiger partial charge in [-0.2, -0.15) is 0 Å². The molecule has 0 spiro atoms. The first-order valence-corrected chi connectivity index (χ1v) is 8.94. The van der Waals surface area contributed by atoms with Crippen molar-refractivity contribution in [3.05, 3.63) is 22.2 Å². The molecule has 1 aliphatic rings. The van der Waals surface area contributed by atoms with Crippen LogP contribution >= 0.6 is 27.5 Å². The molecule has 0 bridgehead atoms. The molecule has 0 aromatic heterocycles. The van der Waals surface area contributed by atoms with E-state index in [9.17, 15) is 0 Å². The fraction of sp³-hybridized carbons (Fsp3) is 0.647. The lowest BCUT2D eigenvalue weighted by molar-refractivity contribution is 0.386. The molecule has 0 radical (unpaired) electrons. The van der Waals surface area contributed by atoms with Gasteiger partial charge in [-0.1, -0.05) is 38.5 Å². The lowest BCUT2D eigenvalue weighted by Crippen LogP contribution is -2.05. The number of methoxy groups -OCH3 is 2. The van der Waals surface area contributed by atoms with Gasteiger partial charge in [-0.15, -0.1) is 11.6 Å². The number of halogens is 2.